The van der Waals surface area contributed by atoms with Crippen LogP contribution in [0.3, 0.4) is 0 Å². The molecule has 4 rings (SSSR count). The van der Waals surface area contributed by atoms with Crippen LogP contribution in [0, 0.1) is 11.8 Å². The smallest absolute Gasteiger partial charge is 0.259 e. The van der Waals surface area contributed by atoms with Crippen LogP contribution in [0.25, 0.3) is 0 Å². The molecular weight excluding hydrogens is 516 g/mol. The number of hydrogen-bond donors (Lipinski definition) is 3. The molecule has 8 nitrogen and oxygen atoms in total. The van der Waals surface area contributed by atoms with E-state index in [0.717, 1.165) is 11.1 Å². The van der Waals surface area contributed by atoms with Crippen molar-refractivity contribution in [2.24, 2.45) is 0 Å². The first-order valence-electron chi connectivity index (χ1n) is 12.6. The molecule has 0 spiro atoms. The number of para-hydroxylation sites is 2. The van der Waals surface area contributed by atoms with E-state index in [9.17, 15) is 19.0 Å². The molecule has 2 amide bonds. The Morgan fingerprint density at radius 3 is 2.26 bits per heavy atom. The number of carbonyl (C=O) groups excluding carboxylic acids is 2. The highest BCUT2D eigenvalue weighted by molar-refractivity contribution is 7.86. The molecule has 0 fully saturated rings. The van der Waals surface area contributed by atoms with Crippen molar-refractivity contribution < 1.29 is 28.5 Å². The van der Waals surface area contributed by atoms with Gasteiger partial charge in [0.1, 0.15) is 29.1 Å². The summed E-state index contributed by atoms with van der Waals surface area (Å²) in [6.07, 6.45) is 1.35. The minimum absolute atomic E-state index is 0.140. The van der Waals surface area contributed by atoms with Gasteiger partial charge in [0.2, 0.25) is 5.91 Å². The Bertz CT molecular complexity index is 1350. The molecule has 9 heteroatoms. The molecule has 2 atom stereocenters. The van der Waals surface area contributed by atoms with Crippen molar-refractivity contribution in [1.29, 1.82) is 0 Å². The molecule has 3 N–H and O–H groups in total. The lowest BCUT2D eigenvalue weighted by atomic mass is 9.87. The third kappa shape index (κ3) is 6.85. The molecule has 0 aliphatic carbocycles. The van der Waals surface area contributed by atoms with Gasteiger partial charge in [-0.1, -0.05) is 42.3 Å². The molecule has 3 aromatic carbocycles. The van der Waals surface area contributed by atoms with Gasteiger partial charge in [0, 0.05) is 22.6 Å². The van der Waals surface area contributed by atoms with Crippen molar-refractivity contribution in [2.75, 3.05) is 13.2 Å². The lowest BCUT2D eigenvalue weighted by Gasteiger charge is -2.27. The van der Waals surface area contributed by atoms with Crippen molar-refractivity contribution in [2.45, 2.75) is 42.2 Å². The lowest BCUT2D eigenvalue weighted by Crippen LogP contribution is -2.36. The SMILES string of the molecule is CC#CCOc1ccc(S(=O)C(CCCCNC(=O)C2c3ccccc3Oc3ccccc32)C(=O)NO)cc1. The summed E-state index contributed by atoms with van der Waals surface area (Å²) in [4.78, 5) is 26.0. The van der Waals surface area contributed by atoms with Gasteiger partial charge in [-0.3, -0.25) is 19.0 Å². The highest BCUT2D eigenvalue weighted by Gasteiger charge is 2.32. The fourth-order valence-electron chi connectivity index (χ4n) is 4.39. The molecule has 0 saturated carbocycles. The van der Waals surface area contributed by atoms with Crippen LogP contribution in [-0.2, 0) is 20.4 Å². The molecule has 1 heterocycles. The van der Waals surface area contributed by atoms with E-state index < -0.39 is 27.9 Å². The number of unbranched alkanes of at least 4 members (excludes halogenated alkanes) is 1. The quantitative estimate of drug-likeness (QED) is 0.143. The largest absolute Gasteiger partial charge is 0.481 e. The Morgan fingerprint density at radius 2 is 1.64 bits per heavy atom. The Balaban J connectivity index is 1.33. The van der Waals surface area contributed by atoms with Gasteiger partial charge in [0.05, 0.1) is 16.7 Å². The van der Waals surface area contributed by atoms with Gasteiger partial charge in [-0.25, -0.2) is 5.48 Å². The van der Waals surface area contributed by atoms with E-state index in [-0.39, 0.29) is 18.9 Å². The fourth-order valence-corrected chi connectivity index (χ4v) is 5.75. The van der Waals surface area contributed by atoms with Gasteiger partial charge in [-0.05, 0) is 62.6 Å². The Labute approximate surface area is 230 Å². The van der Waals surface area contributed by atoms with E-state index in [0.29, 0.717) is 41.5 Å². The highest BCUT2D eigenvalue weighted by Crippen LogP contribution is 2.43. The van der Waals surface area contributed by atoms with Crippen LogP contribution < -0.4 is 20.3 Å². The average Bonchev–Trinajstić information content (AvgIpc) is 2.97. The Morgan fingerprint density at radius 1 is 1.00 bits per heavy atom. The minimum Gasteiger partial charge on any atom is -0.481 e. The first-order chi connectivity index (χ1) is 19.0. The van der Waals surface area contributed by atoms with Crippen LogP contribution in [-0.4, -0.2) is 39.6 Å². The highest BCUT2D eigenvalue weighted by atomic mass is 32.2. The number of hydrogen-bond acceptors (Lipinski definition) is 6. The van der Waals surface area contributed by atoms with Gasteiger partial charge >= 0.3 is 0 Å². The summed E-state index contributed by atoms with van der Waals surface area (Å²) >= 11 is 0. The number of amides is 2. The second kappa shape index (κ2) is 13.6. The Hall–Kier alpha value is -4.13. The molecule has 0 aromatic heterocycles. The summed E-state index contributed by atoms with van der Waals surface area (Å²) < 4.78 is 24.6. The van der Waals surface area contributed by atoms with E-state index in [2.05, 4.69) is 17.2 Å². The lowest BCUT2D eigenvalue weighted by molar-refractivity contribution is -0.128. The maximum Gasteiger partial charge on any atom is 0.259 e. The molecule has 3 aromatic rings. The molecule has 0 bridgehead atoms. The maximum atomic E-state index is 13.2. The van der Waals surface area contributed by atoms with E-state index in [4.69, 9.17) is 9.47 Å². The molecule has 202 valence electrons. The molecule has 1 aliphatic heterocycles. The van der Waals surface area contributed by atoms with Crippen molar-refractivity contribution in [3.8, 4) is 29.1 Å². The normalized spacial score (nSPS) is 13.4. The van der Waals surface area contributed by atoms with Crippen molar-refractivity contribution in [1.82, 2.24) is 10.8 Å². The van der Waals surface area contributed by atoms with Crippen molar-refractivity contribution in [3.05, 3.63) is 83.9 Å². The van der Waals surface area contributed by atoms with Crippen molar-refractivity contribution in [3.63, 3.8) is 0 Å². The van der Waals surface area contributed by atoms with Crippen molar-refractivity contribution >= 4 is 22.6 Å². The van der Waals surface area contributed by atoms with E-state index in [1.165, 1.54) is 0 Å². The number of carbonyl (C=O) groups is 2. The standard InChI is InChI=1S/C30H30N2O6S/c1-2-3-20-37-21-15-17-22(18-16-21)39(36)27(29(33)32-35)14-8-9-19-31-30(34)28-23-10-4-6-12-25(23)38-26-13-7-5-11-24(26)28/h4-7,10-13,15-18,27-28,35H,8-9,14,19-20H2,1H3,(H,31,34)(H,32,33). The minimum atomic E-state index is -1.69. The summed E-state index contributed by atoms with van der Waals surface area (Å²) in [6.45, 7) is 2.35. The van der Waals surface area contributed by atoms with Gasteiger partial charge in [-0.2, -0.15) is 0 Å². The van der Waals surface area contributed by atoms with E-state index in [1.807, 2.05) is 48.5 Å². The number of fused-ring (bicyclic) bond motifs is 2. The number of rotatable bonds is 11. The van der Waals surface area contributed by atoms with Crippen LogP contribution in [0.15, 0.2) is 77.7 Å². The second-order valence-corrected chi connectivity index (χ2v) is 10.5. The summed E-state index contributed by atoms with van der Waals surface area (Å²) in [7, 11) is -1.69. The zero-order valence-electron chi connectivity index (χ0n) is 21.5. The average molecular weight is 547 g/mol. The number of ether oxygens (including phenoxy) is 2. The summed E-state index contributed by atoms with van der Waals surface area (Å²) in [5, 5.41) is 11.3. The predicted octanol–water partition coefficient (Wildman–Crippen LogP) is 4.29. The third-order valence-electron chi connectivity index (χ3n) is 6.34. The second-order valence-electron chi connectivity index (χ2n) is 8.85. The zero-order chi connectivity index (χ0) is 27.6. The number of benzene rings is 3. The maximum absolute atomic E-state index is 13.2. The van der Waals surface area contributed by atoms with Gasteiger partial charge in [0.25, 0.3) is 5.91 Å². The molecule has 2 unspecified atom stereocenters. The number of hydroxylamine groups is 1. The van der Waals surface area contributed by atoms with Gasteiger partial charge in [-0.15, -0.1) is 5.92 Å². The molecule has 0 radical (unpaired) electrons. The van der Waals surface area contributed by atoms with Crippen LogP contribution in [0.2, 0.25) is 0 Å². The molecule has 39 heavy (non-hydrogen) atoms. The van der Waals surface area contributed by atoms with E-state index in [1.54, 1.807) is 36.7 Å². The predicted molar refractivity (Wildman–Crippen MR) is 147 cm³/mol. The zero-order valence-corrected chi connectivity index (χ0v) is 22.3. The monoisotopic (exact) mass is 546 g/mol. The first-order valence-corrected chi connectivity index (χ1v) is 13.8. The topological polar surface area (TPSA) is 114 Å². The molecule has 1 aliphatic rings. The Kier molecular flexibility index (Phi) is 9.73. The third-order valence-corrected chi connectivity index (χ3v) is 8.04. The van der Waals surface area contributed by atoms with Crippen LogP contribution in [0.4, 0.5) is 0 Å². The van der Waals surface area contributed by atoms with Crippen LogP contribution in [0.1, 0.15) is 43.2 Å². The first kappa shape index (κ1) is 27.9. The molecular formula is C30H30N2O6S. The van der Waals surface area contributed by atoms with Gasteiger partial charge < -0.3 is 14.8 Å². The fraction of sp³-hybridized carbons (Fsp3) is 0.267. The van der Waals surface area contributed by atoms with E-state index >= 15 is 0 Å². The van der Waals surface area contributed by atoms with Gasteiger partial charge in [0.15, 0.2) is 0 Å². The number of nitrogens with one attached hydrogen (secondary N) is 2. The summed E-state index contributed by atoms with van der Waals surface area (Å²) in [5.41, 5.74) is 3.24. The molecule has 0 saturated heterocycles. The summed E-state index contributed by atoms with van der Waals surface area (Å²) in [5.74, 6) is 6.08. The van der Waals surface area contributed by atoms with Crippen LogP contribution >= 0.6 is 0 Å². The summed E-state index contributed by atoms with van der Waals surface area (Å²) in [6, 6.07) is 21.6. The van der Waals surface area contributed by atoms with Crippen LogP contribution in [0.5, 0.6) is 17.2 Å².